The number of amides is 1. The van der Waals surface area contributed by atoms with Gasteiger partial charge in [0.1, 0.15) is 6.04 Å². The summed E-state index contributed by atoms with van der Waals surface area (Å²) in [7, 11) is 0. The number of nitrogens with zero attached hydrogens (tertiary/aromatic N) is 5. The highest BCUT2D eigenvalue weighted by Crippen LogP contribution is 2.16. The van der Waals surface area contributed by atoms with E-state index in [0.717, 1.165) is 24.9 Å². The molecule has 1 aromatic heterocycles. The van der Waals surface area contributed by atoms with Gasteiger partial charge in [0.15, 0.2) is 0 Å². The second-order valence-electron chi connectivity index (χ2n) is 5.66. The van der Waals surface area contributed by atoms with Crippen LogP contribution in [0.25, 0.3) is 11.4 Å². The summed E-state index contributed by atoms with van der Waals surface area (Å²) >= 11 is 0. The summed E-state index contributed by atoms with van der Waals surface area (Å²) < 4.78 is 0. The molecule has 2 heterocycles. The van der Waals surface area contributed by atoms with Gasteiger partial charge in [-0.3, -0.25) is 4.79 Å². The number of hydrogen-bond donors (Lipinski definition) is 1. The summed E-state index contributed by atoms with van der Waals surface area (Å²) in [5.41, 5.74) is 6.82. The van der Waals surface area contributed by atoms with E-state index < -0.39 is 6.04 Å². The Morgan fingerprint density at radius 1 is 1.36 bits per heavy atom. The zero-order chi connectivity index (χ0) is 15.5. The molecule has 1 amide bonds. The molecule has 2 N–H and O–H groups in total. The summed E-state index contributed by atoms with van der Waals surface area (Å²) in [6.07, 6.45) is 1.91. The molecule has 2 atom stereocenters. The van der Waals surface area contributed by atoms with Gasteiger partial charge in [-0.1, -0.05) is 30.3 Å². The molecule has 1 saturated heterocycles. The molecular weight excluding hydrogens is 280 g/mol. The lowest BCUT2D eigenvalue weighted by atomic mass is 10.1. The van der Waals surface area contributed by atoms with Crippen molar-refractivity contribution in [3.05, 3.63) is 30.3 Å². The second-order valence-corrected chi connectivity index (χ2v) is 5.66. The van der Waals surface area contributed by atoms with Crippen molar-refractivity contribution >= 4 is 5.91 Å². The summed E-state index contributed by atoms with van der Waals surface area (Å²) in [4.78, 5) is 15.7. The van der Waals surface area contributed by atoms with Crippen LogP contribution in [-0.2, 0) is 4.79 Å². The van der Waals surface area contributed by atoms with Gasteiger partial charge in [0.05, 0.1) is 0 Å². The van der Waals surface area contributed by atoms with E-state index in [0.29, 0.717) is 12.4 Å². The van der Waals surface area contributed by atoms with E-state index in [-0.39, 0.29) is 11.9 Å². The van der Waals surface area contributed by atoms with Gasteiger partial charge in [0, 0.05) is 24.7 Å². The number of likely N-dealkylation sites (tertiary alicyclic amines) is 1. The van der Waals surface area contributed by atoms with Gasteiger partial charge in [-0.15, -0.1) is 10.2 Å². The van der Waals surface area contributed by atoms with E-state index in [4.69, 9.17) is 5.73 Å². The summed E-state index contributed by atoms with van der Waals surface area (Å²) in [6.45, 7) is 3.14. The lowest BCUT2D eigenvalue weighted by Crippen LogP contribution is -2.47. The van der Waals surface area contributed by atoms with Crippen LogP contribution in [0.3, 0.4) is 0 Å². The molecule has 7 heteroatoms. The van der Waals surface area contributed by atoms with Crippen LogP contribution in [0, 0.1) is 0 Å². The van der Waals surface area contributed by atoms with E-state index in [1.807, 2.05) is 30.3 Å². The molecule has 0 aliphatic carbocycles. The topological polar surface area (TPSA) is 89.9 Å². The van der Waals surface area contributed by atoms with Gasteiger partial charge in [-0.05, 0) is 25.0 Å². The minimum Gasteiger partial charge on any atom is -0.339 e. The van der Waals surface area contributed by atoms with Gasteiger partial charge in [-0.25, -0.2) is 0 Å². The van der Waals surface area contributed by atoms with Crippen LogP contribution in [0.4, 0.5) is 0 Å². The summed E-state index contributed by atoms with van der Waals surface area (Å²) in [6, 6.07) is 9.18. The van der Waals surface area contributed by atoms with Crippen LogP contribution in [0.15, 0.2) is 30.3 Å². The highest BCUT2D eigenvalue weighted by molar-refractivity contribution is 5.80. The van der Waals surface area contributed by atoms with E-state index in [1.54, 1.807) is 11.8 Å². The first-order valence-corrected chi connectivity index (χ1v) is 7.54. The largest absolute Gasteiger partial charge is 0.339 e. The third kappa shape index (κ3) is 2.99. The SMILES string of the molecule is CC(C(=O)N1CCCC(N)C1)n1nnc(-c2ccccc2)n1. The Morgan fingerprint density at radius 2 is 2.14 bits per heavy atom. The molecule has 0 spiro atoms. The average Bonchev–Trinajstić information content (AvgIpc) is 3.04. The van der Waals surface area contributed by atoms with Crippen molar-refractivity contribution in [2.45, 2.75) is 31.8 Å². The Labute approximate surface area is 129 Å². The molecule has 22 heavy (non-hydrogen) atoms. The second kappa shape index (κ2) is 6.23. The molecule has 1 fully saturated rings. The number of rotatable bonds is 3. The van der Waals surface area contributed by atoms with Gasteiger partial charge >= 0.3 is 0 Å². The van der Waals surface area contributed by atoms with Crippen LogP contribution in [-0.4, -0.2) is 50.1 Å². The molecule has 0 saturated carbocycles. The standard InChI is InChI=1S/C15H20N6O/c1-11(15(22)20-9-5-8-13(16)10-20)21-18-14(17-19-21)12-6-3-2-4-7-12/h2-4,6-7,11,13H,5,8-10,16H2,1H3. The van der Waals surface area contributed by atoms with Crippen molar-refractivity contribution in [1.82, 2.24) is 25.1 Å². The first-order chi connectivity index (χ1) is 10.6. The maximum absolute atomic E-state index is 12.5. The molecular formula is C15H20N6O. The minimum absolute atomic E-state index is 0.00726. The number of piperidine rings is 1. The highest BCUT2D eigenvalue weighted by Gasteiger charge is 2.27. The van der Waals surface area contributed by atoms with Crippen LogP contribution >= 0.6 is 0 Å². The molecule has 2 unspecified atom stereocenters. The zero-order valence-corrected chi connectivity index (χ0v) is 12.6. The van der Waals surface area contributed by atoms with Crippen LogP contribution in [0.2, 0.25) is 0 Å². The third-order valence-electron chi connectivity index (χ3n) is 3.93. The maximum Gasteiger partial charge on any atom is 0.249 e. The Kier molecular flexibility index (Phi) is 4.15. The summed E-state index contributed by atoms with van der Waals surface area (Å²) in [5, 5.41) is 12.4. The Hall–Kier alpha value is -2.28. The first-order valence-electron chi connectivity index (χ1n) is 7.54. The molecule has 3 rings (SSSR count). The lowest BCUT2D eigenvalue weighted by Gasteiger charge is -2.32. The van der Waals surface area contributed by atoms with E-state index in [1.165, 1.54) is 4.80 Å². The van der Waals surface area contributed by atoms with Gasteiger partial charge in [0.2, 0.25) is 11.7 Å². The van der Waals surface area contributed by atoms with Crippen LogP contribution < -0.4 is 5.73 Å². The fraction of sp³-hybridized carbons (Fsp3) is 0.467. The van der Waals surface area contributed by atoms with Gasteiger partial charge in [-0.2, -0.15) is 4.80 Å². The predicted octanol–water partition coefficient (Wildman–Crippen LogP) is 0.851. The number of benzene rings is 1. The normalized spacial score (nSPS) is 19.9. The molecule has 7 nitrogen and oxygen atoms in total. The number of nitrogens with two attached hydrogens (primary N) is 1. The Bertz CT molecular complexity index is 640. The summed E-state index contributed by atoms with van der Waals surface area (Å²) in [5.74, 6) is 0.516. The molecule has 1 aliphatic rings. The van der Waals surface area contributed by atoms with Crippen LogP contribution in [0.1, 0.15) is 25.8 Å². The van der Waals surface area contributed by atoms with Crippen molar-refractivity contribution in [3.8, 4) is 11.4 Å². The fourth-order valence-electron chi connectivity index (χ4n) is 2.67. The lowest BCUT2D eigenvalue weighted by molar-refractivity contribution is -0.136. The molecule has 1 aromatic carbocycles. The van der Waals surface area contributed by atoms with E-state index in [9.17, 15) is 4.79 Å². The quantitative estimate of drug-likeness (QED) is 0.907. The van der Waals surface area contributed by atoms with Crippen molar-refractivity contribution < 1.29 is 4.79 Å². The molecule has 116 valence electrons. The van der Waals surface area contributed by atoms with E-state index in [2.05, 4.69) is 15.4 Å². The Morgan fingerprint density at radius 3 is 2.86 bits per heavy atom. The Balaban J connectivity index is 1.74. The third-order valence-corrected chi connectivity index (χ3v) is 3.93. The molecule has 0 radical (unpaired) electrons. The van der Waals surface area contributed by atoms with Crippen molar-refractivity contribution in [2.24, 2.45) is 5.73 Å². The number of hydrogen-bond acceptors (Lipinski definition) is 5. The zero-order valence-electron chi connectivity index (χ0n) is 12.6. The number of aromatic nitrogens is 4. The monoisotopic (exact) mass is 300 g/mol. The van der Waals surface area contributed by atoms with Gasteiger partial charge in [0.25, 0.3) is 0 Å². The molecule has 0 bridgehead atoms. The average molecular weight is 300 g/mol. The number of carbonyl (C=O) groups is 1. The number of tetrazole rings is 1. The van der Waals surface area contributed by atoms with Crippen molar-refractivity contribution in [3.63, 3.8) is 0 Å². The van der Waals surface area contributed by atoms with Crippen molar-refractivity contribution in [2.75, 3.05) is 13.1 Å². The van der Waals surface area contributed by atoms with Gasteiger partial charge < -0.3 is 10.6 Å². The first kappa shape index (κ1) is 14.6. The van der Waals surface area contributed by atoms with Crippen molar-refractivity contribution in [1.29, 1.82) is 0 Å². The van der Waals surface area contributed by atoms with E-state index >= 15 is 0 Å². The number of carbonyl (C=O) groups excluding carboxylic acids is 1. The highest BCUT2D eigenvalue weighted by atomic mass is 16.2. The maximum atomic E-state index is 12.5. The predicted molar refractivity (Wildman–Crippen MR) is 81.8 cm³/mol. The van der Waals surface area contributed by atoms with Crippen LogP contribution in [0.5, 0.6) is 0 Å². The minimum atomic E-state index is -0.477. The smallest absolute Gasteiger partial charge is 0.249 e. The molecule has 1 aliphatic heterocycles. The molecule has 2 aromatic rings. The fourth-order valence-corrected chi connectivity index (χ4v) is 2.67.